The third kappa shape index (κ3) is 4.69. The van der Waals surface area contributed by atoms with Crippen LogP contribution < -0.4 is 9.61 Å². The Labute approximate surface area is 140 Å². The van der Waals surface area contributed by atoms with Gasteiger partial charge in [0.05, 0.1) is 6.61 Å². The monoisotopic (exact) mass is 334 g/mol. The van der Waals surface area contributed by atoms with E-state index in [1.807, 2.05) is 43.5 Å². The number of hydrogen-bond acceptors (Lipinski definition) is 4. The van der Waals surface area contributed by atoms with E-state index in [1.165, 1.54) is 11.3 Å². The molecule has 1 aromatic carbocycles. The van der Waals surface area contributed by atoms with Crippen molar-refractivity contribution in [1.82, 2.24) is 9.47 Å². The van der Waals surface area contributed by atoms with Crippen molar-refractivity contribution in [3.8, 4) is 5.75 Å². The maximum absolute atomic E-state index is 12.2. The van der Waals surface area contributed by atoms with Crippen molar-refractivity contribution < 1.29 is 9.53 Å². The van der Waals surface area contributed by atoms with Crippen LogP contribution in [0.5, 0.6) is 5.75 Å². The summed E-state index contributed by atoms with van der Waals surface area (Å²) in [5, 5.41) is 1.82. The predicted molar refractivity (Wildman–Crippen MR) is 92.0 cm³/mol. The topological polar surface area (TPSA) is 51.5 Å². The van der Waals surface area contributed by atoms with Gasteiger partial charge in [-0.15, -0.1) is 0 Å². The van der Waals surface area contributed by atoms with Gasteiger partial charge in [0.2, 0.25) is 5.91 Å². The summed E-state index contributed by atoms with van der Waals surface area (Å²) in [6.45, 7) is 5.44. The minimum atomic E-state index is -0.00975. The lowest BCUT2D eigenvalue weighted by Crippen LogP contribution is -2.28. The van der Waals surface area contributed by atoms with E-state index in [0.29, 0.717) is 26.1 Å². The lowest BCUT2D eigenvalue weighted by Gasteiger charge is -2.18. The van der Waals surface area contributed by atoms with Gasteiger partial charge in [0, 0.05) is 37.6 Å². The summed E-state index contributed by atoms with van der Waals surface area (Å²) in [5.74, 6) is 0.855. The highest BCUT2D eigenvalue weighted by atomic mass is 32.1. The molecule has 1 aromatic heterocycles. The third-order valence-electron chi connectivity index (χ3n) is 3.61. The molecular weight excluding hydrogens is 312 g/mol. The Morgan fingerprint density at radius 1 is 1.30 bits per heavy atom. The smallest absolute Gasteiger partial charge is 0.307 e. The van der Waals surface area contributed by atoms with Crippen LogP contribution >= 0.6 is 11.3 Å². The molecule has 0 bridgehead atoms. The molecule has 5 nitrogen and oxygen atoms in total. The molecule has 0 aliphatic rings. The van der Waals surface area contributed by atoms with E-state index in [0.717, 1.165) is 17.0 Å². The van der Waals surface area contributed by atoms with Gasteiger partial charge in [-0.2, -0.15) is 0 Å². The normalized spacial score (nSPS) is 10.6. The van der Waals surface area contributed by atoms with Crippen LogP contribution in [0.1, 0.15) is 24.6 Å². The molecular formula is C17H22N2O3S. The quantitative estimate of drug-likeness (QED) is 0.782. The molecule has 0 radical (unpaired) electrons. The van der Waals surface area contributed by atoms with Crippen molar-refractivity contribution in [2.24, 2.45) is 0 Å². The number of rotatable bonds is 7. The van der Waals surface area contributed by atoms with Crippen molar-refractivity contribution >= 4 is 17.2 Å². The molecule has 6 heteroatoms. The van der Waals surface area contributed by atoms with Crippen molar-refractivity contribution in [1.29, 1.82) is 0 Å². The molecule has 0 spiro atoms. The van der Waals surface area contributed by atoms with Crippen molar-refractivity contribution in [3.05, 3.63) is 50.6 Å². The minimum Gasteiger partial charge on any atom is -0.494 e. The molecule has 0 fully saturated rings. The number of thiazole rings is 1. The number of carbonyl (C=O) groups excluding carboxylic acids is 1. The van der Waals surface area contributed by atoms with Crippen LogP contribution in [-0.2, 0) is 17.9 Å². The molecule has 0 aliphatic heterocycles. The highest BCUT2D eigenvalue weighted by Crippen LogP contribution is 2.13. The maximum atomic E-state index is 12.2. The van der Waals surface area contributed by atoms with Crippen LogP contribution in [0.2, 0.25) is 0 Å². The molecule has 124 valence electrons. The van der Waals surface area contributed by atoms with Gasteiger partial charge in [-0.05, 0) is 31.5 Å². The summed E-state index contributed by atoms with van der Waals surface area (Å²) < 4.78 is 7.05. The van der Waals surface area contributed by atoms with E-state index in [-0.39, 0.29) is 10.8 Å². The zero-order chi connectivity index (χ0) is 16.8. The highest BCUT2D eigenvalue weighted by Gasteiger charge is 2.11. The van der Waals surface area contributed by atoms with E-state index >= 15 is 0 Å². The van der Waals surface area contributed by atoms with Crippen LogP contribution in [-0.4, -0.2) is 29.0 Å². The first kappa shape index (κ1) is 17.3. The first-order valence-electron chi connectivity index (χ1n) is 7.62. The molecule has 0 aliphatic carbocycles. The van der Waals surface area contributed by atoms with Gasteiger partial charge in [-0.1, -0.05) is 23.5 Å². The molecule has 2 aromatic rings. The number of aromatic nitrogens is 1. The third-order valence-corrected chi connectivity index (χ3v) is 4.49. The highest BCUT2D eigenvalue weighted by molar-refractivity contribution is 7.07. The number of nitrogens with zero attached hydrogens (tertiary/aromatic N) is 2. The molecule has 2 rings (SSSR count). The standard InChI is InChI=1S/C17H22N2O3S/c1-4-22-15-7-5-14(6-8-15)11-18(3)16(20)9-10-19-13(2)12-23-17(19)21/h5-8,12H,4,9-11H2,1-3H3. The lowest BCUT2D eigenvalue weighted by molar-refractivity contribution is -0.130. The molecule has 0 N–H and O–H groups in total. The van der Waals surface area contributed by atoms with Gasteiger partial charge in [0.15, 0.2) is 0 Å². The average Bonchev–Trinajstić information content (AvgIpc) is 2.85. The number of carbonyl (C=O) groups is 1. The predicted octanol–water partition coefficient (Wildman–Crippen LogP) is 2.67. The summed E-state index contributed by atoms with van der Waals surface area (Å²) in [4.78, 5) is 25.5. The fourth-order valence-corrected chi connectivity index (χ4v) is 3.05. The first-order valence-corrected chi connectivity index (χ1v) is 8.50. The Kier molecular flexibility index (Phi) is 5.98. The number of hydrogen-bond donors (Lipinski definition) is 0. The summed E-state index contributed by atoms with van der Waals surface area (Å²) >= 11 is 1.17. The molecule has 0 saturated heterocycles. The fourth-order valence-electron chi connectivity index (χ4n) is 2.29. The Balaban J connectivity index is 1.88. The Morgan fingerprint density at radius 2 is 2.00 bits per heavy atom. The van der Waals surface area contributed by atoms with Crippen molar-refractivity contribution in [2.45, 2.75) is 33.4 Å². The Bertz CT molecular complexity index is 703. The minimum absolute atomic E-state index is 0.00975. The summed E-state index contributed by atoms with van der Waals surface area (Å²) in [6, 6.07) is 7.74. The van der Waals surface area contributed by atoms with Crippen LogP contribution in [0.4, 0.5) is 0 Å². The Morgan fingerprint density at radius 3 is 2.57 bits per heavy atom. The molecule has 1 heterocycles. The van der Waals surface area contributed by atoms with E-state index in [4.69, 9.17) is 4.74 Å². The largest absolute Gasteiger partial charge is 0.494 e. The van der Waals surface area contributed by atoms with Crippen LogP contribution in [0.25, 0.3) is 0 Å². The SMILES string of the molecule is CCOc1ccc(CN(C)C(=O)CCn2c(C)csc2=O)cc1. The second-order valence-corrected chi connectivity index (χ2v) is 6.19. The van der Waals surface area contributed by atoms with Crippen molar-refractivity contribution in [2.75, 3.05) is 13.7 Å². The zero-order valence-electron chi connectivity index (χ0n) is 13.7. The van der Waals surface area contributed by atoms with E-state index in [9.17, 15) is 9.59 Å². The summed E-state index contributed by atoms with van der Waals surface area (Å²) in [7, 11) is 1.78. The fraction of sp³-hybridized carbons (Fsp3) is 0.412. The maximum Gasteiger partial charge on any atom is 0.307 e. The summed E-state index contributed by atoms with van der Waals surface area (Å²) in [5.41, 5.74) is 1.95. The van der Waals surface area contributed by atoms with E-state index in [2.05, 4.69) is 0 Å². The number of benzene rings is 1. The molecule has 0 saturated carbocycles. The van der Waals surface area contributed by atoms with Gasteiger partial charge in [0.25, 0.3) is 0 Å². The zero-order valence-corrected chi connectivity index (χ0v) is 14.6. The molecule has 0 atom stereocenters. The van der Waals surface area contributed by atoms with Crippen molar-refractivity contribution in [3.63, 3.8) is 0 Å². The van der Waals surface area contributed by atoms with Crippen LogP contribution in [0, 0.1) is 6.92 Å². The molecule has 23 heavy (non-hydrogen) atoms. The lowest BCUT2D eigenvalue weighted by atomic mass is 10.2. The van der Waals surface area contributed by atoms with E-state index in [1.54, 1.807) is 16.5 Å². The van der Waals surface area contributed by atoms with Crippen LogP contribution in [0.3, 0.4) is 0 Å². The van der Waals surface area contributed by atoms with E-state index < -0.39 is 0 Å². The second-order valence-electron chi connectivity index (χ2n) is 5.37. The number of amides is 1. The molecule has 0 unspecified atom stereocenters. The molecule has 1 amide bonds. The average molecular weight is 334 g/mol. The first-order chi connectivity index (χ1) is 11.0. The van der Waals surface area contributed by atoms with Gasteiger partial charge in [0.1, 0.15) is 5.75 Å². The summed E-state index contributed by atoms with van der Waals surface area (Å²) in [6.07, 6.45) is 0.324. The Hall–Kier alpha value is -2.08. The second kappa shape index (κ2) is 7.97. The number of ether oxygens (including phenoxy) is 1. The van der Waals surface area contributed by atoms with Gasteiger partial charge < -0.3 is 14.2 Å². The van der Waals surface area contributed by atoms with Gasteiger partial charge >= 0.3 is 4.87 Å². The van der Waals surface area contributed by atoms with Gasteiger partial charge in [-0.25, -0.2) is 0 Å². The number of aryl methyl sites for hydroxylation is 1. The van der Waals surface area contributed by atoms with Crippen LogP contribution in [0.15, 0.2) is 34.4 Å². The van der Waals surface area contributed by atoms with Gasteiger partial charge in [-0.3, -0.25) is 9.59 Å².